The highest BCUT2D eigenvalue weighted by atomic mass is 16.5. The molecule has 3 aromatic carbocycles. The predicted molar refractivity (Wildman–Crippen MR) is 192 cm³/mol. The van der Waals surface area contributed by atoms with Crippen LogP contribution in [0.1, 0.15) is 50.8 Å². The highest BCUT2D eigenvalue weighted by Crippen LogP contribution is 2.50. The molecular weight excluding hydrogens is 638 g/mol. The van der Waals surface area contributed by atoms with Gasteiger partial charge in [-0.15, -0.1) is 5.10 Å². The summed E-state index contributed by atoms with van der Waals surface area (Å²) in [5.41, 5.74) is 4.52. The van der Waals surface area contributed by atoms with Gasteiger partial charge in [0.2, 0.25) is 28.9 Å². The van der Waals surface area contributed by atoms with Gasteiger partial charge in [-0.1, -0.05) is 44.5 Å². The fraction of sp³-hybridized carbons (Fsp3) is 0.324. The summed E-state index contributed by atoms with van der Waals surface area (Å²) in [7, 11) is 4.65. The van der Waals surface area contributed by atoms with Gasteiger partial charge in [-0.2, -0.15) is 4.98 Å². The van der Waals surface area contributed by atoms with Gasteiger partial charge in [0.25, 0.3) is 0 Å². The number of carbonyl (C=O) groups is 2. The number of hydrogen-bond acceptors (Lipinski definition) is 9. The molecule has 50 heavy (non-hydrogen) atoms. The molecule has 13 nitrogen and oxygen atoms in total. The number of para-hydroxylation sites is 1. The van der Waals surface area contributed by atoms with Gasteiger partial charge in [-0.05, 0) is 65.8 Å². The van der Waals surface area contributed by atoms with Crippen LogP contribution in [0.15, 0.2) is 59.4 Å². The average Bonchev–Trinajstić information content (AvgIpc) is 3.69. The number of H-pyrrole nitrogens is 2. The number of amides is 2. The largest absolute Gasteiger partial charge is 0.493 e. The van der Waals surface area contributed by atoms with Crippen LogP contribution in [0.4, 0.5) is 11.6 Å². The van der Waals surface area contributed by atoms with Gasteiger partial charge in [0.1, 0.15) is 6.04 Å². The van der Waals surface area contributed by atoms with E-state index in [9.17, 15) is 14.4 Å². The number of benzene rings is 2. The van der Waals surface area contributed by atoms with E-state index < -0.39 is 18.0 Å². The standard InChI is InChI=1S/C37H41N7O6/c1-7-19(2)32(36(47)42-37-41-35(43-44-37)28-16-21-10-8-9-11-25(21)39-28)40-27-15-13-23-24(18-29(27)46)26(38-20(3)45)14-12-22-17-30(48-4)33(49-5)34(50-6)31(22)23/h8-11,13,15-19,26,32,39H,7,12,14H2,1-6H3,(H,38,45)(H,40,46)(H2,41,42,43,44,47)/t19-,26+,32+/m1/s1. The summed E-state index contributed by atoms with van der Waals surface area (Å²) >= 11 is 0. The van der Waals surface area contributed by atoms with E-state index in [2.05, 4.69) is 36.1 Å². The molecule has 13 heteroatoms. The zero-order valence-electron chi connectivity index (χ0n) is 28.9. The number of rotatable bonds is 11. The van der Waals surface area contributed by atoms with Gasteiger partial charge in [0.05, 0.1) is 38.8 Å². The van der Waals surface area contributed by atoms with Gasteiger partial charge >= 0.3 is 0 Å². The SMILES string of the molecule is CC[C@@H](C)[C@H](Nc1ccc2c(cc1=O)[C@@H](NC(C)=O)CCc1cc(OC)c(OC)c(OC)c1-2)C(=O)Nc1n[nH]c(-c2cc3ccccc3[nH]2)n1. The molecule has 1 aliphatic carbocycles. The van der Waals surface area contributed by atoms with E-state index >= 15 is 0 Å². The molecule has 3 atom stereocenters. The number of hydrogen-bond donors (Lipinski definition) is 5. The van der Waals surface area contributed by atoms with Crippen molar-refractivity contribution in [2.45, 2.75) is 52.1 Å². The highest BCUT2D eigenvalue weighted by Gasteiger charge is 2.31. The molecule has 5 N–H and O–H groups in total. The summed E-state index contributed by atoms with van der Waals surface area (Å²) in [6.45, 7) is 5.36. The van der Waals surface area contributed by atoms with Crippen molar-refractivity contribution in [3.63, 3.8) is 0 Å². The first-order valence-corrected chi connectivity index (χ1v) is 16.5. The van der Waals surface area contributed by atoms with Crippen molar-refractivity contribution in [2.75, 3.05) is 32.0 Å². The van der Waals surface area contributed by atoms with E-state index in [1.54, 1.807) is 20.3 Å². The number of aryl methyl sites for hydroxylation is 1. The van der Waals surface area contributed by atoms with Gasteiger partial charge in [0.15, 0.2) is 17.3 Å². The molecule has 0 aliphatic heterocycles. The Hall–Kier alpha value is -5.85. The molecule has 0 unspecified atom stereocenters. The number of nitrogens with zero attached hydrogens (tertiary/aromatic N) is 2. The first kappa shape index (κ1) is 34.0. The molecule has 0 bridgehead atoms. The second kappa shape index (κ2) is 14.3. The van der Waals surface area contributed by atoms with Crippen LogP contribution in [0.3, 0.4) is 0 Å². The lowest BCUT2D eigenvalue weighted by Gasteiger charge is -2.23. The lowest BCUT2D eigenvalue weighted by molar-refractivity contribution is -0.120. The summed E-state index contributed by atoms with van der Waals surface area (Å²) in [4.78, 5) is 47.9. The van der Waals surface area contributed by atoms with Gasteiger partial charge in [-0.3, -0.25) is 24.8 Å². The lowest BCUT2D eigenvalue weighted by Crippen LogP contribution is -2.41. The predicted octanol–water partition coefficient (Wildman–Crippen LogP) is 5.59. The van der Waals surface area contributed by atoms with E-state index in [1.807, 2.05) is 56.3 Å². The van der Waals surface area contributed by atoms with E-state index in [4.69, 9.17) is 14.2 Å². The maximum absolute atomic E-state index is 14.0. The topological polar surface area (TPSA) is 172 Å². The Morgan fingerprint density at radius 2 is 1.80 bits per heavy atom. The number of aromatic nitrogens is 4. The van der Waals surface area contributed by atoms with Crippen molar-refractivity contribution in [1.29, 1.82) is 0 Å². The minimum Gasteiger partial charge on any atom is -0.493 e. The summed E-state index contributed by atoms with van der Waals surface area (Å²) < 4.78 is 17.2. The summed E-state index contributed by atoms with van der Waals surface area (Å²) in [5, 5.41) is 17.2. The molecule has 5 aromatic rings. The van der Waals surface area contributed by atoms with Crippen LogP contribution in [0.25, 0.3) is 33.5 Å². The molecule has 260 valence electrons. The normalized spacial score (nSPS) is 14.8. The Kier molecular flexibility index (Phi) is 9.75. The summed E-state index contributed by atoms with van der Waals surface area (Å²) in [6.07, 6.45) is 1.76. The highest BCUT2D eigenvalue weighted by molar-refractivity contribution is 5.96. The fourth-order valence-corrected chi connectivity index (χ4v) is 6.52. The number of aromatic amines is 2. The number of carbonyl (C=O) groups excluding carboxylic acids is 2. The first-order valence-electron chi connectivity index (χ1n) is 16.5. The van der Waals surface area contributed by atoms with Crippen molar-refractivity contribution < 1.29 is 23.8 Å². The Labute approximate surface area is 289 Å². The molecule has 0 radical (unpaired) electrons. The number of fused-ring (bicyclic) bond motifs is 4. The zero-order valence-corrected chi connectivity index (χ0v) is 28.9. The van der Waals surface area contributed by atoms with Gasteiger partial charge in [0, 0.05) is 23.4 Å². The van der Waals surface area contributed by atoms with Gasteiger partial charge in [-0.25, -0.2) is 0 Å². The Bertz CT molecular complexity index is 2090. The second-order valence-corrected chi connectivity index (χ2v) is 12.4. The van der Waals surface area contributed by atoms with E-state index in [0.29, 0.717) is 53.5 Å². The van der Waals surface area contributed by atoms with Crippen molar-refractivity contribution in [3.8, 4) is 39.9 Å². The van der Waals surface area contributed by atoms with Crippen molar-refractivity contribution in [1.82, 2.24) is 25.5 Å². The number of methoxy groups -OCH3 is 3. The third-order valence-electron chi connectivity index (χ3n) is 9.23. The monoisotopic (exact) mass is 679 g/mol. The van der Waals surface area contributed by atoms with Crippen LogP contribution in [0.2, 0.25) is 0 Å². The molecule has 2 heterocycles. The molecule has 0 saturated heterocycles. The Balaban J connectivity index is 1.36. The van der Waals surface area contributed by atoms with Crippen molar-refractivity contribution in [2.24, 2.45) is 5.92 Å². The van der Waals surface area contributed by atoms with Crippen LogP contribution >= 0.6 is 0 Å². The van der Waals surface area contributed by atoms with Crippen molar-refractivity contribution >= 4 is 34.4 Å². The van der Waals surface area contributed by atoms with Gasteiger partial charge < -0.3 is 29.8 Å². The summed E-state index contributed by atoms with van der Waals surface area (Å²) in [6, 6.07) is 15.5. The maximum Gasteiger partial charge on any atom is 0.249 e. The van der Waals surface area contributed by atoms with Crippen LogP contribution in [-0.4, -0.2) is 59.4 Å². The first-order chi connectivity index (χ1) is 24.1. The summed E-state index contributed by atoms with van der Waals surface area (Å²) in [5.74, 6) is 1.17. The number of ether oxygens (including phenoxy) is 3. The molecule has 2 aromatic heterocycles. The number of nitrogens with one attached hydrogen (secondary N) is 5. The molecule has 2 amide bonds. The Morgan fingerprint density at radius 1 is 1.02 bits per heavy atom. The quantitative estimate of drug-likeness (QED) is 0.119. The molecule has 6 rings (SSSR count). The molecular formula is C37H41N7O6. The molecule has 0 spiro atoms. The van der Waals surface area contributed by atoms with Crippen LogP contribution < -0.4 is 35.6 Å². The average molecular weight is 680 g/mol. The van der Waals surface area contributed by atoms with E-state index in [1.165, 1.54) is 20.1 Å². The van der Waals surface area contributed by atoms with Crippen LogP contribution in [0, 0.1) is 5.92 Å². The molecule has 0 saturated carbocycles. The third-order valence-corrected chi connectivity index (χ3v) is 9.23. The lowest BCUT2D eigenvalue weighted by atomic mass is 9.95. The van der Waals surface area contributed by atoms with E-state index in [-0.39, 0.29) is 28.9 Å². The van der Waals surface area contributed by atoms with Crippen LogP contribution in [0.5, 0.6) is 17.2 Å². The zero-order chi connectivity index (χ0) is 35.5. The minimum absolute atomic E-state index is 0.109. The van der Waals surface area contributed by atoms with Crippen molar-refractivity contribution in [3.05, 3.63) is 75.9 Å². The minimum atomic E-state index is -0.803. The van der Waals surface area contributed by atoms with Crippen LogP contribution in [-0.2, 0) is 16.0 Å². The smallest absolute Gasteiger partial charge is 0.249 e. The molecule has 0 fully saturated rings. The Morgan fingerprint density at radius 3 is 2.50 bits per heavy atom. The second-order valence-electron chi connectivity index (χ2n) is 12.4. The van der Waals surface area contributed by atoms with E-state index in [0.717, 1.165) is 27.7 Å². The maximum atomic E-state index is 14.0. The fourth-order valence-electron chi connectivity index (χ4n) is 6.52. The number of anilines is 2. The molecule has 1 aliphatic rings. The third kappa shape index (κ3) is 6.58.